The third-order valence-electron chi connectivity index (χ3n) is 20.7. The molecule has 10 aliphatic rings. The maximum absolute atomic E-state index is 16.4. The average molecular weight is 1460 g/mol. The molecule has 0 radical (unpaired) electrons. The van der Waals surface area contributed by atoms with Crippen molar-refractivity contribution in [3.8, 4) is 80.1 Å². The fourth-order valence-corrected chi connectivity index (χ4v) is 16.3. The second kappa shape index (κ2) is 28.2. The Labute approximate surface area is 603 Å². The molecule has 7 aromatic carbocycles. The van der Waals surface area contributed by atoms with Crippen LogP contribution in [0.25, 0.3) is 11.1 Å². The summed E-state index contributed by atoms with van der Waals surface area (Å²) in [4.78, 5) is 110. The standard InChI is InChI=1S/C74H74Cl2N10O18/c1-86(2)14-4-13-78-69(96)61-42-28-48(90)43(29-79-57-35-16-30-15-31(18-35)19-36(57)17-30)66(93)55(42)54-41(5-3-6-47(54)89)60-72(99)85-63(74(101)83-61)65(92)34-9-12-50(45(76)23-34)104-53-26-38-25-52(67(53)94)103-49-11-8-33(22-44(49)75)64(91)62-73(100)81-58(70(97)80-59(38)71(98)82-60)37-20-39(87)27-40(21-37)102-51-24-32(7-10-46(51)88)56(77)68(95)84-62/h3,5-12,20-28,30-31,35-36,56-65,79,87-94H,4,13-19,29,77H2,1-2H3,(H,78,96)(H,80,97)(H,81,100)(H,82,98)(H,83,101)(H,84,95)(H,85,99). The minimum absolute atomic E-state index is 0.0118. The Balaban J connectivity index is 0.972. The van der Waals surface area contributed by atoms with Gasteiger partial charge in [-0.3, -0.25) is 33.6 Å². The van der Waals surface area contributed by atoms with Crippen molar-refractivity contribution in [3.05, 3.63) is 164 Å². The predicted molar refractivity (Wildman–Crippen MR) is 372 cm³/mol. The number of nitrogens with two attached hydrogens (primary N) is 1. The Morgan fingerprint density at radius 3 is 1.70 bits per heavy atom. The van der Waals surface area contributed by atoms with E-state index >= 15 is 28.8 Å². The minimum atomic E-state index is -2.27. The first kappa shape index (κ1) is 70.4. The normalized spacial score (nSPS) is 26.2. The molecule has 0 aromatic heterocycles. The van der Waals surface area contributed by atoms with Crippen molar-refractivity contribution in [1.82, 2.24) is 47.4 Å². The number of rotatable bonds is 8. The fourth-order valence-electron chi connectivity index (χ4n) is 15.8. The highest BCUT2D eigenvalue weighted by molar-refractivity contribution is 6.32. The Kier molecular flexibility index (Phi) is 19.1. The molecule has 18 N–H and O–H groups in total. The van der Waals surface area contributed by atoms with E-state index in [1.165, 1.54) is 79.2 Å². The number of halogens is 2. The van der Waals surface area contributed by atoms with Gasteiger partial charge in [0.2, 0.25) is 47.1 Å². The number of hydrogen-bond donors (Lipinski definition) is 17. The lowest BCUT2D eigenvalue weighted by Crippen LogP contribution is -2.56. The summed E-state index contributed by atoms with van der Waals surface area (Å²) in [6.07, 6.45) is 1.42. The lowest BCUT2D eigenvalue weighted by atomic mass is 9.54. The largest absolute Gasteiger partial charge is 0.508 e. The van der Waals surface area contributed by atoms with Crippen LogP contribution in [-0.2, 0) is 40.1 Å². The number of phenolic OH excluding ortho intramolecular Hbond substituents is 6. The highest BCUT2D eigenvalue weighted by Crippen LogP contribution is 2.55. The van der Waals surface area contributed by atoms with Gasteiger partial charge in [0.1, 0.15) is 94.7 Å². The first-order chi connectivity index (χ1) is 49.7. The van der Waals surface area contributed by atoms with Gasteiger partial charge in [0, 0.05) is 36.3 Å². The molecule has 28 nitrogen and oxygen atoms in total. The maximum Gasteiger partial charge on any atom is 0.248 e. The van der Waals surface area contributed by atoms with Gasteiger partial charge < -0.3 is 108 Å². The van der Waals surface area contributed by atoms with E-state index in [0.29, 0.717) is 36.6 Å². The molecule has 17 rings (SSSR count). The van der Waals surface area contributed by atoms with Crippen molar-refractivity contribution >= 4 is 64.6 Å². The van der Waals surface area contributed by atoms with Gasteiger partial charge in [0.15, 0.2) is 23.0 Å². The number of amides is 7. The van der Waals surface area contributed by atoms with E-state index in [0.717, 1.165) is 62.1 Å². The number of carbonyl (C=O) groups excluding carboxylic acids is 7. The van der Waals surface area contributed by atoms with E-state index in [1.54, 1.807) is 0 Å². The molecule has 4 saturated carbocycles. The van der Waals surface area contributed by atoms with Crippen molar-refractivity contribution in [3.63, 3.8) is 0 Å². The second-order valence-electron chi connectivity index (χ2n) is 27.9. The first-order valence-corrected chi connectivity index (χ1v) is 34.7. The molecule has 30 heteroatoms. The first-order valence-electron chi connectivity index (χ1n) is 33.9. The summed E-state index contributed by atoms with van der Waals surface area (Å²) >= 11 is 13.9. The van der Waals surface area contributed by atoms with Crippen LogP contribution < -0.4 is 62.5 Å². The molecule has 542 valence electrons. The molecule has 0 saturated heterocycles. The molecular weight excluding hydrogens is 1390 g/mol. The van der Waals surface area contributed by atoms with Gasteiger partial charge in [-0.25, -0.2) is 0 Å². The van der Waals surface area contributed by atoms with Crippen LogP contribution in [0.1, 0.15) is 125 Å². The van der Waals surface area contributed by atoms with E-state index in [2.05, 4.69) is 42.5 Å². The van der Waals surface area contributed by atoms with Crippen LogP contribution >= 0.6 is 23.2 Å². The van der Waals surface area contributed by atoms with Gasteiger partial charge >= 0.3 is 0 Å². The number of carbonyl (C=O) groups is 7. The lowest BCUT2D eigenvalue weighted by Gasteiger charge is -2.54. The predicted octanol–water partition coefficient (Wildman–Crippen LogP) is 6.37. The molecule has 104 heavy (non-hydrogen) atoms. The Morgan fingerprint density at radius 1 is 0.529 bits per heavy atom. The third kappa shape index (κ3) is 13.6. The smallest absolute Gasteiger partial charge is 0.248 e. The quantitative estimate of drug-likeness (QED) is 0.0734. The molecule has 6 heterocycles. The van der Waals surface area contributed by atoms with Crippen LogP contribution in [0.2, 0.25) is 10.0 Å². The van der Waals surface area contributed by atoms with Gasteiger partial charge in [-0.1, -0.05) is 53.5 Å². The second-order valence-corrected chi connectivity index (χ2v) is 28.7. The molecule has 4 fully saturated rings. The van der Waals surface area contributed by atoms with Gasteiger partial charge in [-0.05, 0) is 195 Å². The fraction of sp³-hybridized carbons (Fsp3) is 0.338. The summed E-state index contributed by atoms with van der Waals surface area (Å²) < 4.78 is 18.7. The Morgan fingerprint density at radius 2 is 1.09 bits per heavy atom. The maximum atomic E-state index is 16.4. The number of nitrogens with one attached hydrogen (secondary N) is 8. The van der Waals surface area contributed by atoms with E-state index < -0.39 is 153 Å². The monoisotopic (exact) mass is 1460 g/mol. The summed E-state index contributed by atoms with van der Waals surface area (Å²) in [5.41, 5.74) is 3.92. The number of aromatic hydroxyl groups is 6. The highest BCUT2D eigenvalue weighted by Gasteiger charge is 2.49. The van der Waals surface area contributed by atoms with E-state index in [1.807, 2.05) is 19.0 Å². The molecule has 9 atom stereocenters. The number of hydrogen-bond acceptors (Lipinski definition) is 21. The Hall–Kier alpha value is -10.6. The summed E-state index contributed by atoms with van der Waals surface area (Å²) in [5.74, 6) is -12.8. The van der Waals surface area contributed by atoms with Crippen molar-refractivity contribution in [2.45, 2.75) is 106 Å². The van der Waals surface area contributed by atoms with E-state index in [4.69, 9.17) is 43.1 Å². The summed E-state index contributed by atoms with van der Waals surface area (Å²) in [6, 6.07) is 6.84. The SMILES string of the molecule is CN(C)CCCNC(=O)C1NC(=O)C2NC(=O)C(NC(=O)C3NC(=O)C4NC(=O)C(NC(=O)C(N)c5ccc(O)c(c5)Oc5cc(O)cc4c5)C(O)c4ccc(c(Cl)c4)Oc4cc3cc(c4O)Oc3ccc(cc3Cl)C2O)c2cccc(O)c2-c2c1cc(O)c(CNC1C3CC4CC(C3)CC1C4)c2O. The summed E-state index contributed by atoms with van der Waals surface area (Å²) in [5, 5.41) is 119. The summed E-state index contributed by atoms with van der Waals surface area (Å²) in [6.45, 7) is 0.367. The van der Waals surface area contributed by atoms with Crippen molar-refractivity contribution in [2.24, 2.45) is 29.4 Å². The van der Waals surface area contributed by atoms with Crippen LogP contribution in [0.4, 0.5) is 0 Å². The molecule has 6 aliphatic heterocycles. The third-order valence-corrected chi connectivity index (χ3v) is 21.3. The minimum Gasteiger partial charge on any atom is -0.508 e. The van der Waals surface area contributed by atoms with Crippen LogP contribution in [0, 0.1) is 23.7 Å². The van der Waals surface area contributed by atoms with Gasteiger partial charge in [-0.2, -0.15) is 0 Å². The Bertz CT molecular complexity index is 4670. The average Bonchev–Trinajstić information content (AvgIpc) is 1.02. The number of benzene rings is 7. The number of fused-ring (bicyclic) bond motifs is 13. The van der Waals surface area contributed by atoms with Gasteiger partial charge in [0.05, 0.1) is 15.6 Å². The zero-order chi connectivity index (χ0) is 73.4. The summed E-state index contributed by atoms with van der Waals surface area (Å²) in [7, 11) is 3.65. The number of phenols is 6. The molecule has 4 aliphatic carbocycles. The molecular formula is C74H74Cl2N10O18. The van der Waals surface area contributed by atoms with Gasteiger partial charge in [-0.15, -0.1) is 0 Å². The number of aliphatic hydroxyl groups is 2. The van der Waals surface area contributed by atoms with E-state index in [9.17, 15) is 45.6 Å². The van der Waals surface area contributed by atoms with E-state index in [-0.39, 0.29) is 96.7 Å². The van der Waals surface area contributed by atoms with Gasteiger partial charge in [0.25, 0.3) is 0 Å². The van der Waals surface area contributed by atoms with Crippen molar-refractivity contribution < 1.29 is 88.6 Å². The van der Waals surface area contributed by atoms with Crippen molar-refractivity contribution in [1.29, 1.82) is 0 Å². The zero-order valence-electron chi connectivity index (χ0n) is 55.8. The molecule has 19 bridgehead atoms. The van der Waals surface area contributed by atoms with Crippen LogP contribution in [0.3, 0.4) is 0 Å². The lowest BCUT2D eigenvalue weighted by molar-refractivity contribution is -0.137. The van der Waals surface area contributed by atoms with Crippen LogP contribution in [0.15, 0.2) is 109 Å². The number of nitrogens with zero attached hydrogens (tertiary/aromatic N) is 1. The highest BCUT2D eigenvalue weighted by atomic mass is 35.5. The number of aliphatic hydroxyl groups excluding tert-OH is 2. The van der Waals surface area contributed by atoms with Crippen LogP contribution in [0.5, 0.6) is 69.0 Å². The topological polar surface area (TPSA) is 435 Å². The number of ether oxygens (including phenoxy) is 3. The van der Waals surface area contributed by atoms with Crippen LogP contribution in [-0.4, -0.2) is 132 Å². The van der Waals surface area contributed by atoms with Crippen molar-refractivity contribution in [2.75, 3.05) is 27.2 Å². The molecule has 7 aromatic rings. The zero-order valence-corrected chi connectivity index (χ0v) is 57.3. The molecule has 7 amide bonds. The molecule has 0 spiro atoms. The molecule has 9 unspecified atom stereocenters.